The van der Waals surface area contributed by atoms with Crippen LogP contribution in [0.25, 0.3) is 16.8 Å². The first kappa shape index (κ1) is 23.5. The topological polar surface area (TPSA) is 75.7 Å². The van der Waals surface area contributed by atoms with E-state index in [4.69, 9.17) is 4.74 Å². The van der Waals surface area contributed by atoms with Crippen molar-refractivity contribution in [2.45, 2.75) is 6.42 Å². The van der Waals surface area contributed by atoms with Crippen molar-refractivity contribution in [3.63, 3.8) is 0 Å². The van der Waals surface area contributed by atoms with E-state index in [9.17, 15) is 14.4 Å². The van der Waals surface area contributed by atoms with Gasteiger partial charge in [-0.25, -0.2) is 9.69 Å². The van der Waals surface area contributed by atoms with Crippen LogP contribution in [-0.4, -0.2) is 25.0 Å². The van der Waals surface area contributed by atoms with Gasteiger partial charge in [0.1, 0.15) is 11.3 Å². The highest BCUT2D eigenvalue weighted by molar-refractivity contribution is 9.10. The van der Waals surface area contributed by atoms with E-state index in [1.807, 2.05) is 60.7 Å². The lowest BCUT2D eigenvalue weighted by Gasteiger charge is -2.26. The summed E-state index contributed by atoms with van der Waals surface area (Å²) in [6, 6.07) is 25.5. The molecule has 1 aliphatic rings. The maximum Gasteiger partial charge on any atom is 0.335 e. The van der Waals surface area contributed by atoms with Gasteiger partial charge in [-0.2, -0.15) is 0 Å². The molecule has 4 amide bonds. The van der Waals surface area contributed by atoms with Gasteiger partial charge in [-0.1, -0.05) is 70.5 Å². The number of imide groups is 2. The zero-order valence-corrected chi connectivity index (χ0v) is 20.9. The van der Waals surface area contributed by atoms with E-state index in [1.54, 1.807) is 30.3 Å². The molecule has 7 heteroatoms. The third-order valence-corrected chi connectivity index (χ3v) is 6.89. The summed E-state index contributed by atoms with van der Waals surface area (Å²) in [5.74, 6) is -0.828. The van der Waals surface area contributed by atoms with E-state index < -0.39 is 17.8 Å². The molecular weight excluding hydrogens is 520 g/mol. The van der Waals surface area contributed by atoms with Gasteiger partial charge >= 0.3 is 6.03 Å². The highest BCUT2D eigenvalue weighted by Crippen LogP contribution is 2.30. The van der Waals surface area contributed by atoms with Gasteiger partial charge in [-0.05, 0) is 70.3 Å². The normalized spacial score (nSPS) is 14.9. The summed E-state index contributed by atoms with van der Waals surface area (Å²) >= 11 is 3.61. The van der Waals surface area contributed by atoms with Crippen molar-refractivity contribution in [3.8, 4) is 5.75 Å². The van der Waals surface area contributed by atoms with Crippen molar-refractivity contribution in [1.29, 1.82) is 0 Å². The lowest BCUT2D eigenvalue weighted by molar-refractivity contribution is -0.122. The summed E-state index contributed by atoms with van der Waals surface area (Å²) in [7, 11) is 1.53. The number of benzene rings is 4. The number of amides is 4. The standard InChI is InChI=1S/C29H21BrN2O4/c1-36-22-14-12-21(13-15-22)32-28(34)25(27(33)31-29(32)35)17-24-19(16-20-7-3-5-9-26(20)30)11-10-18-6-2-4-8-23(18)24/h2-15,17H,16H2,1H3,(H,31,33,35)/b25-17+. The van der Waals surface area contributed by atoms with Crippen LogP contribution in [0.2, 0.25) is 0 Å². The zero-order valence-electron chi connectivity index (χ0n) is 19.3. The molecule has 0 spiro atoms. The second-order valence-electron chi connectivity index (χ2n) is 8.28. The van der Waals surface area contributed by atoms with Gasteiger partial charge in [0.25, 0.3) is 11.8 Å². The molecule has 1 fully saturated rings. The lowest BCUT2D eigenvalue weighted by Crippen LogP contribution is -2.54. The molecule has 5 rings (SSSR count). The van der Waals surface area contributed by atoms with Gasteiger partial charge in [0.2, 0.25) is 0 Å². The highest BCUT2D eigenvalue weighted by Gasteiger charge is 2.37. The molecule has 1 saturated heterocycles. The second-order valence-corrected chi connectivity index (χ2v) is 9.14. The quantitative estimate of drug-likeness (QED) is 0.254. The Morgan fingerprint density at radius 3 is 2.33 bits per heavy atom. The zero-order chi connectivity index (χ0) is 25.2. The minimum atomic E-state index is -0.793. The van der Waals surface area contributed by atoms with Gasteiger partial charge in [-0.15, -0.1) is 0 Å². The third kappa shape index (κ3) is 4.41. The van der Waals surface area contributed by atoms with E-state index in [0.717, 1.165) is 36.8 Å². The number of halogens is 1. The molecule has 1 heterocycles. The monoisotopic (exact) mass is 540 g/mol. The molecule has 0 atom stereocenters. The molecule has 4 aromatic rings. The molecule has 6 nitrogen and oxygen atoms in total. The van der Waals surface area contributed by atoms with Gasteiger partial charge < -0.3 is 4.74 Å². The van der Waals surface area contributed by atoms with Crippen LogP contribution in [-0.2, 0) is 16.0 Å². The smallest absolute Gasteiger partial charge is 0.335 e. The molecule has 0 aromatic heterocycles. The van der Waals surface area contributed by atoms with Crippen molar-refractivity contribution in [1.82, 2.24) is 5.32 Å². The van der Waals surface area contributed by atoms with E-state index >= 15 is 0 Å². The maximum atomic E-state index is 13.5. The molecule has 4 aromatic carbocycles. The van der Waals surface area contributed by atoms with Gasteiger partial charge in [0.15, 0.2) is 0 Å². The van der Waals surface area contributed by atoms with Gasteiger partial charge in [0, 0.05) is 4.47 Å². The first-order chi connectivity index (χ1) is 17.5. The van der Waals surface area contributed by atoms with Crippen molar-refractivity contribution < 1.29 is 19.1 Å². The number of methoxy groups -OCH3 is 1. The summed E-state index contributed by atoms with van der Waals surface area (Å²) < 4.78 is 6.14. The van der Waals surface area contributed by atoms with Gasteiger partial charge in [0.05, 0.1) is 12.8 Å². The minimum absolute atomic E-state index is 0.116. The van der Waals surface area contributed by atoms with E-state index in [-0.39, 0.29) is 5.57 Å². The Kier molecular flexibility index (Phi) is 6.40. The van der Waals surface area contributed by atoms with Crippen LogP contribution in [0.5, 0.6) is 5.75 Å². The number of carbonyl (C=O) groups excluding carboxylic acids is 3. The number of nitrogens with zero attached hydrogens (tertiary/aromatic N) is 1. The summed E-state index contributed by atoms with van der Waals surface area (Å²) in [6.07, 6.45) is 2.18. The number of hydrogen-bond acceptors (Lipinski definition) is 4. The number of barbiturate groups is 1. The number of carbonyl (C=O) groups is 3. The first-order valence-corrected chi connectivity index (χ1v) is 12.0. The largest absolute Gasteiger partial charge is 0.497 e. The first-order valence-electron chi connectivity index (χ1n) is 11.3. The van der Waals surface area contributed by atoms with Crippen LogP contribution < -0.4 is 15.0 Å². The number of rotatable bonds is 5. The van der Waals surface area contributed by atoms with E-state index in [2.05, 4.69) is 21.2 Å². The molecule has 178 valence electrons. The fourth-order valence-electron chi connectivity index (χ4n) is 4.28. The molecule has 0 bridgehead atoms. The summed E-state index contributed by atoms with van der Waals surface area (Å²) in [6.45, 7) is 0. The van der Waals surface area contributed by atoms with Crippen molar-refractivity contribution >= 4 is 56.3 Å². The van der Waals surface area contributed by atoms with Crippen LogP contribution in [0.1, 0.15) is 16.7 Å². The molecule has 0 unspecified atom stereocenters. The Labute approximate surface area is 216 Å². The number of urea groups is 1. The summed E-state index contributed by atoms with van der Waals surface area (Å²) in [5.41, 5.74) is 2.99. The van der Waals surface area contributed by atoms with Gasteiger partial charge in [-0.3, -0.25) is 14.9 Å². The van der Waals surface area contributed by atoms with Crippen LogP contribution in [0.4, 0.5) is 10.5 Å². The maximum absolute atomic E-state index is 13.5. The molecule has 0 saturated carbocycles. The average molecular weight is 541 g/mol. The molecule has 1 aliphatic heterocycles. The van der Waals surface area contributed by atoms with Crippen molar-refractivity contribution in [2.24, 2.45) is 0 Å². The Balaban J connectivity index is 1.63. The number of nitrogens with one attached hydrogen (secondary N) is 1. The summed E-state index contributed by atoms with van der Waals surface area (Å²) in [5, 5.41) is 4.19. The predicted molar refractivity (Wildman–Crippen MR) is 143 cm³/mol. The second kappa shape index (κ2) is 9.79. The predicted octanol–water partition coefficient (Wildman–Crippen LogP) is 5.87. The van der Waals surface area contributed by atoms with Crippen LogP contribution in [0.15, 0.2) is 95.0 Å². The number of hydrogen-bond donors (Lipinski definition) is 1. The Bertz CT molecular complexity index is 1540. The fraction of sp³-hybridized carbons (Fsp3) is 0.0690. The van der Waals surface area contributed by atoms with Crippen molar-refractivity contribution in [3.05, 3.63) is 112 Å². The van der Waals surface area contributed by atoms with E-state index in [0.29, 0.717) is 17.9 Å². The van der Waals surface area contributed by atoms with Crippen molar-refractivity contribution in [2.75, 3.05) is 12.0 Å². The van der Waals surface area contributed by atoms with E-state index in [1.165, 1.54) is 7.11 Å². The number of ether oxygens (including phenoxy) is 1. The van der Waals surface area contributed by atoms with Crippen LogP contribution in [0, 0.1) is 0 Å². The molecule has 0 radical (unpaired) electrons. The lowest BCUT2D eigenvalue weighted by atomic mass is 9.92. The molecular formula is C29H21BrN2O4. The Morgan fingerprint density at radius 1 is 0.861 bits per heavy atom. The highest BCUT2D eigenvalue weighted by atomic mass is 79.9. The molecule has 36 heavy (non-hydrogen) atoms. The molecule has 0 aliphatic carbocycles. The third-order valence-electron chi connectivity index (χ3n) is 6.12. The average Bonchev–Trinajstić information content (AvgIpc) is 2.89. The summed E-state index contributed by atoms with van der Waals surface area (Å²) in [4.78, 5) is 40.0. The Hall–Kier alpha value is -4.23. The van der Waals surface area contributed by atoms with Crippen LogP contribution >= 0.6 is 15.9 Å². The Morgan fingerprint density at radius 2 is 1.58 bits per heavy atom. The number of anilines is 1. The minimum Gasteiger partial charge on any atom is -0.497 e. The number of fused-ring (bicyclic) bond motifs is 1. The van der Waals surface area contributed by atoms with Crippen LogP contribution in [0.3, 0.4) is 0 Å². The SMILES string of the molecule is COc1ccc(N2C(=O)NC(=O)/C(=C\c3c(Cc4ccccc4Br)ccc4ccccc34)C2=O)cc1. The fourth-order valence-corrected chi connectivity index (χ4v) is 4.70. The molecule has 1 N–H and O–H groups in total.